The van der Waals surface area contributed by atoms with Gasteiger partial charge in [0, 0.05) is 32.1 Å². The molecule has 0 aliphatic carbocycles. The third-order valence-electron chi connectivity index (χ3n) is 4.54. The molecule has 0 aromatic carbocycles. The summed E-state index contributed by atoms with van der Waals surface area (Å²) in [6.45, 7) is 4.08. The number of aryl methyl sites for hydroxylation is 1. The summed E-state index contributed by atoms with van der Waals surface area (Å²) in [5, 5.41) is 8.46. The lowest BCUT2D eigenvalue weighted by Gasteiger charge is -2.29. The molecule has 1 aromatic heterocycles. The van der Waals surface area contributed by atoms with Gasteiger partial charge in [-0.1, -0.05) is 0 Å². The Hall–Kier alpha value is -0.940. The minimum absolute atomic E-state index is 0.408. The molecule has 2 aliphatic heterocycles. The number of piperidine rings is 1. The van der Waals surface area contributed by atoms with Gasteiger partial charge in [0.15, 0.2) is 0 Å². The number of rotatable bonds is 4. The van der Waals surface area contributed by atoms with Gasteiger partial charge >= 0.3 is 0 Å². The van der Waals surface area contributed by atoms with E-state index in [1.54, 1.807) is 0 Å². The van der Waals surface area contributed by atoms with Crippen LogP contribution in [0, 0.1) is 5.92 Å². The molecule has 0 N–H and O–H groups in total. The van der Waals surface area contributed by atoms with Crippen LogP contribution in [0.5, 0.6) is 0 Å². The second-order valence-electron chi connectivity index (χ2n) is 6.23. The highest BCUT2D eigenvalue weighted by molar-refractivity contribution is 4.93. The quantitative estimate of drug-likeness (QED) is 0.846. The number of likely N-dealkylation sites (tertiary alicyclic amines) is 1. The SMILES string of the molecule is CN1CCCC(CCc2nnc(C3CCOCC3)o2)C1. The van der Waals surface area contributed by atoms with E-state index in [0.29, 0.717) is 5.92 Å². The molecule has 0 radical (unpaired) electrons. The first-order chi connectivity index (χ1) is 9.81. The second kappa shape index (κ2) is 6.68. The Morgan fingerprint density at radius 1 is 1.20 bits per heavy atom. The molecule has 20 heavy (non-hydrogen) atoms. The van der Waals surface area contributed by atoms with Crippen LogP contribution in [-0.2, 0) is 11.2 Å². The van der Waals surface area contributed by atoms with E-state index in [2.05, 4.69) is 22.1 Å². The first-order valence-corrected chi connectivity index (χ1v) is 7.90. The number of hydrogen-bond acceptors (Lipinski definition) is 5. The molecule has 0 saturated carbocycles. The maximum atomic E-state index is 5.85. The van der Waals surface area contributed by atoms with E-state index >= 15 is 0 Å². The molecule has 0 bridgehead atoms. The fourth-order valence-corrected chi connectivity index (χ4v) is 3.31. The number of hydrogen-bond donors (Lipinski definition) is 0. The Balaban J connectivity index is 1.49. The minimum atomic E-state index is 0.408. The van der Waals surface area contributed by atoms with Crippen LogP contribution in [0.3, 0.4) is 0 Å². The molecule has 2 saturated heterocycles. The Bertz CT molecular complexity index is 415. The Morgan fingerprint density at radius 3 is 2.85 bits per heavy atom. The van der Waals surface area contributed by atoms with E-state index in [4.69, 9.17) is 9.15 Å². The molecule has 1 atom stereocenters. The summed E-state index contributed by atoms with van der Waals surface area (Å²) >= 11 is 0. The predicted molar refractivity (Wildman–Crippen MR) is 75.6 cm³/mol. The standard InChI is InChI=1S/C15H25N3O2/c1-18-8-2-3-12(11-18)4-5-14-16-17-15(20-14)13-6-9-19-10-7-13/h12-13H,2-11H2,1H3. The van der Waals surface area contributed by atoms with Gasteiger partial charge in [0.1, 0.15) is 0 Å². The molecular weight excluding hydrogens is 254 g/mol. The average Bonchev–Trinajstić information content (AvgIpc) is 2.95. The van der Waals surface area contributed by atoms with Crippen molar-refractivity contribution < 1.29 is 9.15 Å². The van der Waals surface area contributed by atoms with Crippen LogP contribution >= 0.6 is 0 Å². The largest absolute Gasteiger partial charge is 0.425 e. The summed E-state index contributed by atoms with van der Waals surface area (Å²) in [4.78, 5) is 2.43. The summed E-state index contributed by atoms with van der Waals surface area (Å²) in [6, 6.07) is 0. The van der Waals surface area contributed by atoms with E-state index in [1.807, 2.05) is 0 Å². The lowest BCUT2D eigenvalue weighted by Crippen LogP contribution is -2.32. The van der Waals surface area contributed by atoms with Gasteiger partial charge in [0.05, 0.1) is 0 Å². The third kappa shape index (κ3) is 3.58. The fraction of sp³-hybridized carbons (Fsp3) is 0.867. The zero-order valence-electron chi connectivity index (χ0n) is 12.4. The molecule has 2 aliphatic rings. The van der Waals surface area contributed by atoms with Crippen LogP contribution in [0.4, 0.5) is 0 Å². The van der Waals surface area contributed by atoms with Gasteiger partial charge in [-0.15, -0.1) is 10.2 Å². The van der Waals surface area contributed by atoms with E-state index in [0.717, 1.165) is 50.2 Å². The predicted octanol–water partition coefficient (Wildman–Crippen LogP) is 2.24. The van der Waals surface area contributed by atoms with Crippen LogP contribution in [0.2, 0.25) is 0 Å². The van der Waals surface area contributed by atoms with Gasteiger partial charge in [-0.2, -0.15) is 0 Å². The molecule has 0 spiro atoms. The van der Waals surface area contributed by atoms with Crippen molar-refractivity contribution in [1.82, 2.24) is 15.1 Å². The minimum Gasteiger partial charge on any atom is -0.425 e. The molecule has 112 valence electrons. The molecule has 1 aromatic rings. The molecule has 2 fully saturated rings. The Morgan fingerprint density at radius 2 is 2.05 bits per heavy atom. The van der Waals surface area contributed by atoms with Gasteiger partial charge in [0.25, 0.3) is 0 Å². The van der Waals surface area contributed by atoms with E-state index in [1.165, 1.54) is 32.4 Å². The topological polar surface area (TPSA) is 51.4 Å². The Labute approximate surface area is 120 Å². The van der Waals surface area contributed by atoms with Crippen LogP contribution in [0.15, 0.2) is 4.42 Å². The molecule has 3 rings (SSSR count). The zero-order valence-corrected chi connectivity index (χ0v) is 12.4. The van der Waals surface area contributed by atoms with Crippen molar-refractivity contribution in [3.8, 4) is 0 Å². The summed E-state index contributed by atoms with van der Waals surface area (Å²) in [5.74, 6) is 2.83. The van der Waals surface area contributed by atoms with Crippen LogP contribution in [0.1, 0.15) is 49.8 Å². The lowest BCUT2D eigenvalue weighted by molar-refractivity contribution is 0.0791. The molecule has 5 nitrogen and oxygen atoms in total. The summed E-state index contributed by atoms with van der Waals surface area (Å²) < 4.78 is 11.2. The van der Waals surface area contributed by atoms with Crippen LogP contribution < -0.4 is 0 Å². The van der Waals surface area contributed by atoms with Crippen molar-refractivity contribution in [2.45, 2.75) is 44.4 Å². The highest BCUT2D eigenvalue weighted by Crippen LogP contribution is 2.26. The van der Waals surface area contributed by atoms with Crippen molar-refractivity contribution in [2.24, 2.45) is 5.92 Å². The van der Waals surface area contributed by atoms with Crippen LogP contribution in [0.25, 0.3) is 0 Å². The van der Waals surface area contributed by atoms with Gasteiger partial charge in [-0.25, -0.2) is 0 Å². The van der Waals surface area contributed by atoms with Gasteiger partial charge < -0.3 is 14.1 Å². The lowest BCUT2D eigenvalue weighted by atomic mass is 9.94. The van der Waals surface area contributed by atoms with Gasteiger partial charge in [0.2, 0.25) is 11.8 Å². The maximum absolute atomic E-state index is 5.85. The monoisotopic (exact) mass is 279 g/mol. The first-order valence-electron chi connectivity index (χ1n) is 7.90. The molecule has 3 heterocycles. The van der Waals surface area contributed by atoms with Crippen molar-refractivity contribution in [3.05, 3.63) is 11.8 Å². The van der Waals surface area contributed by atoms with E-state index < -0.39 is 0 Å². The third-order valence-corrected chi connectivity index (χ3v) is 4.54. The van der Waals surface area contributed by atoms with Crippen molar-refractivity contribution >= 4 is 0 Å². The van der Waals surface area contributed by atoms with Crippen molar-refractivity contribution in [1.29, 1.82) is 0 Å². The fourth-order valence-electron chi connectivity index (χ4n) is 3.31. The molecule has 0 amide bonds. The number of ether oxygens (including phenoxy) is 1. The van der Waals surface area contributed by atoms with Gasteiger partial charge in [-0.05, 0) is 51.6 Å². The average molecular weight is 279 g/mol. The highest BCUT2D eigenvalue weighted by atomic mass is 16.5. The Kier molecular flexibility index (Phi) is 4.68. The second-order valence-corrected chi connectivity index (χ2v) is 6.23. The normalized spacial score (nSPS) is 25.9. The molecule has 1 unspecified atom stereocenters. The van der Waals surface area contributed by atoms with Gasteiger partial charge in [-0.3, -0.25) is 0 Å². The zero-order chi connectivity index (χ0) is 13.8. The smallest absolute Gasteiger partial charge is 0.219 e. The van der Waals surface area contributed by atoms with Crippen LogP contribution in [-0.4, -0.2) is 48.4 Å². The van der Waals surface area contributed by atoms with E-state index in [9.17, 15) is 0 Å². The maximum Gasteiger partial charge on any atom is 0.219 e. The van der Waals surface area contributed by atoms with Crippen molar-refractivity contribution in [2.75, 3.05) is 33.4 Å². The summed E-state index contributed by atoms with van der Waals surface area (Å²) in [5.41, 5.74) is 0. The molecule has 5 heteroatoms. The molecular formula is C15H25N3O2. The van der Waals surface area contributed by atoms with Crippen molar-refractivity contribution in [3.63, 3.8) is 0 Å². The summed E-state index contributed by atoms with van der Waals surface area (Å²) in [6.07, 6.45) is 6.77. The van der Waals surface area contributed by atoms with E-state index in [-0.39, 0.29) is 0 Å². The number of aromatic nitrogens is 2. The highest BCUT2D eigenvalue weighted by Gasteiger charge is 2.22. The first kappa shape index (κ1) is 14.0. The number of nitrogens with zero attached hydrogens (tertiary/aromatic N) is 3. The summed E-state index contributed by atoms with van der Waals surface area (Å²) in [7, 11) is 2.21.